The van der Waals surface area contributed by atoms with Crippen LogP contribution in [0.25, 0.3) is 21.9 Å². The summed E-state index contributed by atoms with van der Waals surface area (Å²) < 4.78 is 41.1. The van der Waals surface area contributed by atoms with Crippen molar-refractivity contribution >= 4 is 27.8 Å². The number of aryl methyl sites for hydroxylation is 1. The molecule has 2 heterocycles. The van der Waals surface area contributed by atoms with Crippen LogP contribution in [0, 0.1) is 0 Å². The predicted molar refractivity (Wildman–Crippen MR) is 108 cm³/mol. The van der Waals surface area contributed by atoms with Gasteiger partial charge in [-0.3, -0.25) is 9.59 Å². The molecule has 1 amide bonds. The number of hydrogen-bond acceptors (Lipinski definition) is 4. The van der Waals surface area contributed by atoms with E-state index >= 15 is 0 Å². The SMILES string of the molecule is O=C(NCCCc1nc2ccccc2[nH]1)c1c[nH]c2ccc(OC(F)(F)F)cc2c1=O. The maximum atomic E-state index is 12.6. The summed E-state index contributed by atoms with van der Waals surface area (Å²) in [5, 5.41) is 2.58. The van der Waals surface area contributed by atoms with Crippen molar-refractivity contribution in [2.45, 2.75) is 19.2 Å². The van der Waals surface area contributed by atoms with Crippen LogP contribution in [0.15, 0.2) is 53.5 Å². The standard InChI is InChI=1S/C21H17F3N4O3/c22-21(23,24)31-12-7-8-15-13(10-12)19(29)14(11-26-15)20(30)25-9-3-6-18-27-16-4-1-2-5-17(16)28-18/h1-2,4-5,7-8,10-11H,3,6,9H2,(H,25,30)(H,26,29)(H,27,28). The Labute approximate surface area is 173 Å². The van der Waals surface area contributed by atoms with Gasteiger partial charge in [-0.2, -0.15) is 0 Å². The predicted octanol–water partition coefficient (Wildman–Crippen LogP) is 3.67. The number of rotatable bonds is 6. The number of carbonyl (C=O) groups excluding carboxylic acids is 1. The minimum Gasteiger partial charge on any atom is -0.406 e. The quantitative estimate of drug-likeness (QED) is 0.407. The number of hydrogen-bond donors (Lipinski definition) is 3. The number of nitrogens with one attached hydrogen (secondary N) is 3. The van der Waals surface area contributed by atoms with E-state index in [4.69, 9.17) is 0 Å². The first-order chi connectivity index (χ1) is 14.8. The Morgan fingerprint density at radius 1 is 1.13 bits per heavy atom. The van der Waals surface area contributed by atoms with Crippen LogP contribution in [0.5, 0.6) is 5.75 Å². The summed E-state index contributed by atoms with van der Waals surface area (Å²) in [4.78, 5) is 35.4. The minimum atomic E-state index is -4.88. The van der Waals surface area contributed by atoms with Crippen molar-refractivity contribution < 1.29 is 22.7 Å². The maximum Gasteiger partial charge on any atom is 0.573 e. The third-order valence-electron chi connectivity index (χ3n) is 4.64. The molecule has 0 atom stereocenters. The number of para-hydroxylation sites is 2. The zero-order chi connectivity index (χ0) is 22.0. The number of aromatic amines is 2. The van der Waals surface area contributed by atoms with Crippen LogP contribution < -0.4 is 15.5 Å². The van der Waals surface area contributed by atoms with Crippen LogP contribution in [-0.2, 0) is 6.42 Å². The Morgan fingerprint density at radius 2 is 1.94 bits per heavy atom. The van der Waals surface area contributed by atoms with Gasteiger partial charge in [0, 0.05) is 30.1 Å². The van der Waals surface area contributed by atoms with E-state index in [9.17, 15) is 22.8 Å². The highest BCUT2D eigenvalue weighted by molar-refractivity contribution is 5.97. The molecule has 31 heavy (non-hydrogen) atoms. The molecule has 0 saturated carbocycles. The van der Waals surface area contributed by atoms with Gasteiger partial charge in [0.05, 0.1) is 11.0 Å². The number of amides is 1. The zero-order valence-electron chi connectivity index (χ0n) is 16.0. The van der Waals surface area contributed by atoms with E-state index in [0.717, 1.165) is 29.0 Å². The van der Waals surface area contributed by atoms with Crippen LogP contribution in [0.4, 0.5) is 13.2 Å². The molecule has 0 bridgehead atoms. The minimum absolute atomic E-state index is 0.0725. The molecule has 160 valence electrons. The molecule has 0 radical (unpaired) electrons. The van der Waals surface area contributed by atoms with Crippen LogP contribution in [0.2, 0.25) is 0 Å². The molecule has 4 aromatic rings. The maximum absolute atomic E-state index is 12.6. The largest absolute Gasteiger partial charge is 0.573 e. The van der Waals surface area contributed by atoms with Crippen LogP contribution in [0.3, 0.4) is 0 Å². The lowest BCUT2D eigenvalue weighted by Crippen LogP contribution is -2.30. The first kappa shape index (κ1) is 20.5. The van der Waals surface area contributed by atoms with E-state index in [1.807, 2.05) is 24.3 Å². The lowest BCUT2D eigenvalue weighted by Gasteiger charge is -2.10. The van der Waals surface area contributed by atoms with E-state index in [1.165, 1.54) is 12.3 Å². The monoisotopic (exact) mass is 430 g/mol. The first-order valence-corrected chi connectivity index (χ1v) is 9.43. The summed E-state index contributed by atoms with van der Waals surface area (Å²) in [6.45, 7) is 0.296. The van der Waals surface area contributed by atoms with Gasteiger partial charge in [-0.1, -0.05) is 12.1 Å². The third kappa shape index (κ3) is 4.68. The number of carbonyl (C=O) groups is 1. The fourth-order valence-corrected chi connectivity index (χ4v) is 3.24. The lowest BCUT2D eigenvalue weighted by molar-refractivity contribution is -0.274. The number of halogens is 3. The van der Waals surface area contributed by atoms with Gasteiger partial charge in [-0.15, -0.1) is 13.2 Å². The Balaban J connectivity index is 1.42. The van der Waals surface area contributed by atoms with Gasteiger partial charge in [0.1, 0.15) is 17.1 Å². The van der Waals surface area contributed by atoms with Crippen LogP contribution >= 0.6 is 0 Å². The molecule has 0 aliphatic rings. The fourth-order valence-electron chi connectivity index (χ4n) is 3.24. The number of imidazole rings is 1. The summed E-state index contributed by atoms with van der Waals surface area (Å²) >= 11 is 0. The highest BCUT2D eigenvalue weighted by Gasteiger charge is 2.31. The summed E-state index contributed by atoms with van der Waals surface area (Å²) in [5.74, 6) is -0.361. The van der Waals surface area contributed by atoms with E-state index < -0.39 is 23.4 Å². The first-order valence-electron chi connectivity index (χ1n) is 9.43. The Bertz CT molecular complexity index is 1280. The zero-order valence-corrected chi connectivity index (χ0v) is 16.0. The summed E-state index contributed by atoms with van der Waals surface area (Å²) in [7, 11) is 0. The normalized spacial score (nSPS) is 11.7. The van der Waals surface area contributed by atoms with E-state index in [-0.39, 0.29) is 10.9 Å². The molecular formula is C21H17F3N4O3. The van der Waals surface area contributed by atoms with Crippen molar-refractivity contribution in [3.63, 3.8) is 0 Å². The topological polar surface area (TPSA) is 99.9 Å². The van der Waals surface area contributed by atoms with Crippen molar-refractivity contribution in [2.24, 2.45) is 0 Å². The summed E-state index contributed by atoms with van der Waals surface area (Å²) in [5.41, 5.74) is 1.20. The van der Waals surface area contributed by atoms with Crippen molar-refractivity contribution in [3.8, 4) is 5.75 Å². The molecule has 2 aromatic heterocycles. The van der Waals surface area contributed by atoms with Crippen LogP contribution in [-0.4, -0.2) is 33.8 Å². The molecule has 3 N–H and O–H groups in total. The van der Waals surface area contributed by atoms with E-state index in [0.29, 0.717) is 24.9 Å². The second kappa shape index (κ2) is 8.13. The second-order valence-corrected chi connectivity index (χ2v) is 6.85. The Hall–Kier alpha value is -3.82. The molecule has 10 heteroatoms. The van der Waals surface area contributed by atoms with Gasteiger partial charge < -0.3 is 20.0 Å². The third-order valence-corrected chi connectivity index (χ3v) is 4.64. The number of alkyl halides is 3. The molecule has 0 aliphatic heterocycles. The molecule has 0 spiro atoms. The number of aromatic nitrogens is 3. The van der Waals surface area contributed by atoms with Crippen LogP contribution in [0.1, 0.15) is 22.6 Å². The molecular weight excluding hydrogens is 413 g/mol. The smallest absolute Gasteiger partial charge is 0.406 e. The number of ether oxygens (including phenoxy) is 1. The second-order valence-electron chi connectivity index (χ2n) is 6.85. The number of nitrogens with zero attached hydrogens (tertiary/aromatic N) is 1. The average Bonchev–Trinajstić information content (AvgIpc) is 3.13. The van der Waals surface area contributed by atoms with Gasteiger partial charge in [-0.25, -0.2) is 4.98 Å². The molecule has 0 saturated heterocycles. The highest BCUT2D eigenvalue weighted by atomic mass is 19.4. The van der Waals surface area contributed by atoms with E-state index in [1.54, 1.807) is 0 Å². The summed E-state index contributed by atoms with van der Waals surface area (Å²) in [6, 6.07) is 11.0. The fraction of sp³-hybridized carbons (Fsp3) is 0.190. The molecule has 0 unspecified atom stereocenters. The molecule has 7 nitrogen and oxygen atoms in total. The molecule has 0 aliphatic carbocycles. The molecule has 2 aromatic carbocycles. The Morgan fingerprint density at radius 3 is 2.71 bits per heavy atom. The summed E-state index contributed by atoms with van der Waals surface area (Å²) in [6.07, 6.45) is -2.46. The van der Waals surface area contributed by atoms with Gasteiger partial charge in [0.15, 0.2) is 0 Å². The van der Waals surface area contributed by atoms with Crippen molar-refractivity contribution in [2.75, 3.05) is 6.54 Å². The van der Waals surface area contributed by atoms with Gasteiger partial charge in [-0.05, 0) is 36.8 Å². The van der Waals surface area contributed by atoms with Gasteiger partial charge in [0.25, 0.3) is 5.91 Å². The molecule has 0 fully saturated rings. The number of pyridine rings is 1. The van der Waals surface area contributed by atoms with Gasteiger partial charge >= 0.3 is 6.36 Å². The van der Waals surface area contributed by atoms with Crippen molar-refractivity contribution in [1.29, 1.82) is 0 Å². The average molecular weight is 430 g/mol. The van der Waals surface area contributed by atoms with E-state index in [2.05, 4.69) is 25.0 Å². The Kier molecular flexibility index (Phi) is 5.37. The van der Waals surface area contributed by atoms with Crippen molar-refractivity contribution in [3.05, 3.63) is 70.3 Å². The van der Waals surface area contributed by atoms with Crippen molar-refractivity contribution in [1.82, 2.24) is 20.3 Å². The number of benzene rings is 2. The lowest BCUT2D eigenvalue weighted by atomic mass is 10.1. The van der Waals surface area contributed by atoms with Gasteiger partial charge in [0.2, 0.25) is 5.43 Å². The highest BCUT2D eigenvalue weighted by Crippen LogP contribution is 2.24. The number of fused-ring (bicyclic) bond motifs is 2. The number of H-pyrrole nitrogens is 2. The molecule has 4 rings (SSSR count).